The van der Waals surface area contributed by atoms with Gasteiger partial charge in [0.1, 0.15) is 5.76 Å². The Kier molecular flexibility index (Phi) is 4.37. The van der Waals surface area contributed by atoms with Crippen molar-refractivity contribution in [1.82, 2.24) is 25.2 Å². The van der Waals surface area contributed by atoms with E-state index in [1.54, 1.807) is 0 Å². The smallest absolute Gasteiger partial charge is 0.227 e. The summed E-state index contributed by atoms with van der Waals surface area (Å²) < 4.78 is 7.02. The average molecular weight is 331 g/mol. The highest BCUT2D eigenvalue weighted by molar-refractivity contribution is 5.79. The van der Waals surface area contributed by atoms with Gasteiger partial charge in [0.05, 0.1) is 43.1 Å². The first-order valence-corrected chi connectivity index (χ1v) is 7.93. The molecule has 0 aliphatic carbocycles. The molecule has 0 aromatic carbocycles. The van der Waals surface area contributed by atoms with Crippen molar-refractivity contribution in [3.63, 3.8) is 0 Å². The Labute approximate surface area is 139 Å². The van der Waals surface area contributed by atoms with Gasteiger partial charge in [-0.1, -0.05) is 5.16 Å². The van der Waals surface area contributed by atoms with Crippen molar-refractivity contribution in [3.8, 4) is 0 Å². The van der Waals surface area contributed by atoms with Crippen molar-refractivity contribution in [3.05, 3.63) is 34.5 Å². The van der Waals surface area contributed by atoms with Crippen LogP contribution in [0.3, 0.4) is 0 Å². The maximum absolute atomic E-state index is 12.6. The van der Waals surface area contributed by atoms with E-state index >= 15 is 0 Å². The van der Waals surface area contributed by atoms with Gasteiger partial charge in [-0.2, -0.15) is 5.10 Å². The number of carbonyl (C=O) groups excluding carboxylic acids is 2. The standard InChI is InChI=1S/C16H21N5O3/c1-10-15(11(2)24-19-10)7-16(23)20-4-5-21-14(9-20)6-13(18-21)8-17-12(3)22/h6H,4-5,7-9H2,1-3H3,(H,17,22). The first kappa shape index (κ1) is 16.2. The zero-order valence-corrected chi connectivity index (χ0v) is 14.1. The summed E-state index contributed by atoms with van der Waals surface area (Å²) >= 11 is 0. The maximum Gasteiger partial charge on any atom is 0.227 e. The quantitative estimate of drug-likeness (QED) is 0.890. The summed E-state index contributed by atoms with van der Waals surface area (Å²) in [7, 11) is 0. The molecular formula is C16H21N5O3. The summed E-state index contributed by atoms with van der Waals surface area (Å²) in [6, 6.07) is 1.94. The molecule has 1 aliphatic rings. The SMILES string of the molecule is CC(=O)NCc1cc2n(n1)CCN(C(=O)Cc1c(C)noc1C)C2. The number of nitrogens with one attached hydrogen (secondary N) is 1. The van der Waals surface area contributed by atoms with Gasteiger partial charge in [-0.25, -0.2) is 0 Å². The molecule has 8 nitrogen and oxygen atoms in total. The molecule has 0 radical (unpaired) electrons. The van der Waals surface area contributed by atoms with Crippen molar-refractivity contribution in [2.45, 2.75) is 46.8 Å². The fraction of sp³-hybridized carbons (Fsp3) is 0.500. The number of nitrogens with zero attached hydrogens (tertiary/aromatic N) is 4. The van der Waals surface area contributed by atoms with Gasteiger partial charge in [0.15, 0.2) is 0 Å². The average Bonchev–Trinajstić information content (AvgIpc) is 3.09. The molecule has 2 amide bonds. The van der Waals surface area contributed by atoms with E-state index in [2.05, 4.69) is 15.6 Å². The minimum atomic E-state index is -0.0859. The van der Waals surface area contributed by atoms with Crippen molar-refractivity contribution >= 4 is 11.8 Å². The van der Waals surface area contributed by atoms with E-state index in [1.807, 2.05) is 29.5 Å². The second kappa shape index (κ2) is 6.46. The van der Waals surface area contributed by atoms with Gasteiger partial charge in [-0.3, -0.25) is 14.3 Å². The van der Waals surface area contributed by atoms with Crippen LogP contribution in [0.25, 0.3) is 0 Å². The monoisotopic (exact) mass is 331 g/mol. The summed E-state index contributed by atoms with van der Waals surface area (Å²) in [5.74, 6) is 0.665. The molecule has 1 N–H and O–H groups in total. The Morgan fingerprint density at radius 1 is 1.33 bits per heavy atom. The van der Waals surface area contributed by atoms with Crippen LogP contribution in [0.1, 0.15) is 35.3 Å². The lowest BCUT2D eigenvalue weighted by atomic mass is 10.1. The predicted octanol–water partition coefficient (Wildman–Crippen LogP) is 0.709. The van der Waals surface area contributed by atoms with Crippen molar-refractivity contribution in [2.75, 3.05) is 6.54 Å². The van der Waals surface area contributed by atoms with Crippen molar-refractivity contribution in [1.29, 1.82) is 0 Å². The molecule has 0 bridgehead atoms. The van der Waals surface area contributed by atoms with Gasteiger partial charge in [0.25, 0.3) is 0 Å². The number of amides is 2. The van der Waals surface area contributed by atoms with Crippen LogP contribution >= 0.6 is 0 Å². The fourth-order valence-corrected chi connectivity index (χ4v) is 2.86. The third-order valence-electron chi connectivity index (χ3n) is 4.23. The number of carbonyl (C=O) groups is 2. The predicted molar refractivity (Wildman–Crippen MR) is 84.8 cm³/mol. The van der Waals surface area contributed by atoms with Crippen LogP contribution in [-0.2, 0) is 35.6 Å². The van der Waals surface area contributed by atoms with Crippen LogP contribution in [0.2, 0.25) is 0 Å². The van der Waals surface area contributed by atoms with E-state index in [1.165, 1.54) is 6.92 Å². The number of fused-ring (bicyclic) bond motifs is 1. The molecule has 2 aromatic rings. The van der Waals surface area contributed by atoms with Gasteiger partial charge in [0, 0.05) is 19.0 Å². The first-order valence-electron chi connectivity index (χ1n) is 7.93. The Balaban J connectivity index is 1.66. The first-order chi connectivity index (χ1) is 11.4. The Hall–Kier alpha value is -2.64. The van der Waals surface area contributed by atoms with Crippen LogP contribution in [-0.4, -0.2) is 38.2 Å². The minimum absolute atomic E-state index is 0.0558. The maximum atomic E-state index is 12.6. The molecule has 0 atom stereocenters. The van der Waals surface area contributed by atoms with Crippen LogP contribution in [0.15, 0.2) is 10.6 Å². The molecular weight excluding hydrogens is 310 g/mol. The Morgan fingerprint density at radius 2 is 2.12 bits per heavy atom. The topological polar surface area (TPSA) is 93.3 Å². The molecule has 24 heavy (non-hydrogen) atoms. The largest absolute Gasteiger partial charge is 0.361 e. The Morgan fingerprint density at radius 3 is 2.79 bits per heavy atom. The van der Waals surface area contributed by atoms with Crippen molar-refractivity contribution in [2.24, 2.45) is 0 Å². The molecule has 128 valence electrons. The molecule has 2 aromatic heterocycles. The number of aromatic nitrogens is 3. The van der Waals surface area contributed by atoms with E-state index in [9.17, 15) is 9.59 Å². The highest BCUT2D eigenvalue weighted by Gasteiger charge is 2.24. The zero-order chi connectivity index (χ0) is 17.3. The molecule has 0 saturated heterocycles. The molecule has 0 unspecified atom stereocenters. The van der Waals surface area contributed by atoms with Gasteiger partial charge in [-0.05, 0) is 19.9 Å². The summed E-state index contributed by atoms with van der Waals surface area (Å²) in [5, 5.41) is 11.1. The Bertz CT molecular complexity index is 757. The summed E-state index contributed by atoms with van der Waals surface area (Å²) in [5.41, 5.74) is 3.42. The van der Waals surface area contributed by atoms with Crippen LogP contribution < -0.4 is 5.32 Å². The third-order valence-corrected chi connectivity index (χ3v) is 4.23. The van der Waals surface area contributed by atoms with Gasteiger partial charge >= 0.3 is 0 Å². The van der Waals surface area contributed by atoms with Gasteiger partial charge in [-0.15, -0.1) is 0 Å². The summed E-state index contributed by atoms with van der Waals surface area (Å²) in [6.45, 7) is 7.35. The highest BCUT2D eigenvalue weighted by atomic mass is 16.5. The van der Waals surface area contributed by atoms with E-state index in [-0.39, 0.29) is 11.8 Å². The van der Waals surface area contributed by atoms with Crippen LogP contribution in [0.5, 0.6) is 0 Å². The zero-order valence-electron chi connectivity index (χ0n) is 14.1. The summed E-state index contributed by atoms with van der Waals surface area (Å²) in [6.07, 6.45) is 0.300. The normalized spacial score (nSPS) is 13.7. The summed E-state index contributed by atoms with van der Waals surface area (Å²) in [4.78, 5) is 25.4. The molecule has 3 heterocycles. The minimum Gasteiger partial charge on any atom is -0.361 e. The van der Waals surface area contributed by atoms with Gasteiger partial charge < -0.3 is 14.7 Å². The molecule has 8 heteroatoms. The van der Waals surface area contributed by atoms with Crippen LogP contribution in [0, 0.1) is 13.8 Å². The fourth-order valence-electron chi connectivity index (χ4n) is 2.86. The lowest BCUT2D eigenvalue weighted by Gasteiger charge is -2.27. The van der Waals surface area contributed by atoms with E-state index in [0.717, 1.165) is 22.6 Å². The number of rotatable bonds is 4. The van der Waals surface area contributed by atoms with Crippen LogP contribution in [0.4, 0.5) is 0 Å². The second-order valence-electron chi connectivity index (χ2n) is 6.05. The van der Waals surface area contributed by atoms with E-state index in [0.29, 0.717) is 38.4 Å². The van der Waals surface area contributed by atoms with E-state index in [4.69, 9.17) is 4.52 Å². The molecule has 1 aliphatic heterocycles. The third kappa shape index (κ3) is 3.32. The van der Waals surface area contributed by atoms with Gasteiger partial charge in [0.2, 0.25) is 11.8 Å². The molecule has 0 saturated carbocycles. The molecule has 0 spiro atoms. The lowest BCUT2D eigenvalue weighted by Crippen LogP contribution is -2.39. The number of hydrogen-bond donors (Lipinski definition) is 1. The number of hydrogen-bond acceptors (Lipinski definition) is 5. The molecule has 3 rings (SSSR count). The lowest BCUT2D eigenvalue weighted by molar-refractivity contribution is -0.132. The van der Waals surface area contributed by atoms with E-state index < -0.39 is 0 Å². The van der Waals surface area contributed by atoms with Crippen molar-refractivity contribution < 1.29 is 14.1 Å². The number of aryl methyl sites for hydroxylation is 2. The highest BCUT2D eigenvalue weighted by Crippen LogP contribution is 2.18. The second-order valence-corrected chi connectivity index (χ2v) is 6.05. The molecule has 0 fully saturated rings.